The molecule has 0 radical (unpaired) electrons. The maximum atomic E-state index is 13.8. The summed E-state index contributed by atoms with van der Waals surface area (Å²) in [5, 5.41) is 13.8. The zero-order valence-electron chi connectivity index (χ0n) is 19.2. The largest absolute Gasteiger partial charge is 0.871 e. The van der Waals surface area contributed by atoms with Crippen molar-refractivity contribution in [3.8, 4) is 0 Å². The summed E-state index contributed by atoms with van der Waals surface area (Å²) in [6, 6.07) is 14.1. The first-order chi connectivity index (χ1) is 16.6. The molecule has 3 aromatic rings. The number of nitrogens with one attached hydrogen (secondary N) is 1. The average molecular weight is 461 g/mol. The highest BCUT2D eigenvalue weighted by Gasteiger charge is 2.44. The molecule has 2 aromatic heterocycles. The van der Waals surface area contributed by atoms with E-state index in [4.69, 9.17) is 4.74 Å². The number of morpholine rings is 1. The van der Waals surface area contributed by atoms with Gasteiger partial charge in [-0.2, -0.15) is 0 Å². The number of ketones is 1. The highest BCUT2D eigenvalue weighted by molar-refractivity contribution is 6.46. The SMILES string of the molecule is Cc1nc2ccccn2c1/C([O-])=C1\C(=O)C(=O)N(CCC[NH+]2CCOCC2)C1c1ccccc1. The molecular formula is C26H28N4O4. The summed E-state index contributed by atoms with van der Waals surface area (Å²) in [5.41, 5.74) is 2.25. The van der Waals surface area contributed by atoms with Crippen LogP contribution in [0.15, 0.2) is 60.3 Å². The molecule has 8 nitrogen and oxygen atoms in total. The summed E-state index contributed by atoms with van der Waals surface area (Å²) in [6.07, 6.45) is 2.50. The predicted octanol–water partition coefficient (Wildman–Crippen LogP) is 0.172. The molecule has 1 amide bonds. The van der Waals surface area contributed by atoms with Gasteiger partial charge in [0.15, 0.2) is 0 Å². The van der Waals surface area contributed by atoms with Crippen molar-refractivity contribution in [3.05, 3.63) is 77.3 Å². The van der Waals surface area contributed by atoms with E-state index in [0.29, 0.717) is 23.6 Å². The first kappa shape index (κ1) is 22.3. The van der Waals surface area contributed by atoms with Gasteiger partial charge < -0.3 is 24.0 Å². The molecule has 0 aliphatic carbocycles. The molecule has 1 unspecified atom stereocenters. The number of rotatable bonds is 6. The van der Waals surface area contributed by atoms with Gasteiger partial charge in [-0.3, -0.25) is 9.59 Å². The van der Waals surface area contributed by atoms with E-state index in [1.54, 1.807) is 22.4 Å². The second-order valence-corrected chi connectivity index (χ2v) is 8.82. The van der Waals surface area contributed by atoms with Crippen LogP contribution in [0.2, 0.25) is 0 Å². The van der Waals surface area contributed by atoms with Crippen LogP contribution in [-0.4, -0.2) is 65.4 Å². The average Bonchev–Trinajstić information content (AvgIpc) is 3.33. The fourth-order valence-electron chi connectivity index (χ4n) is 5.01. The molecule has 0 saturated carbocycles. The van der Waals surface area contributed by atoms with Crippen molar-refractivity contribution in [2.24, 2.45) is 0 Å². The van der Waals surface area contributed by atoms with E-state index in [0.717, 1.165) is 44.8 Å². The summed E-state index contributed by atoms with van der Waals surface area (Å²) in [6.45, 7) is 6.43. The Balaban J connectivity index is 1.53. The third-order valence-corrected chi connectivity index (χ3v) is 6.69. The number of aryl methyl sites for hydroxylation is 1. The minimum absolute atomic E-state index is 0.00340. The van der Waals surface area contributed by atoms with Crippen molar-refractivity contribution >= 4 is 23.1 Å². The van der Waals surface area contributed by atoms with Gasteiger partial charge in [-0.15, -0.1) is 0 Å². The number of carbonyl (C=O) groups excluding carboxylic acids is 2. The molecule has 2 fully saturated rings. The van der Waals surface area contributed by atoms with Crippen molar-refractivity contribution < 1.29 is 24.3 Å². The molecule has 5 rings (SSSR count). The Hall–Kier alpha value is -3.49. The van der Waals surface area contributed by atoms with Crippen molar-refractivity contribution in [1.29, 1.82) is 0 Å². The molecule has 176 valence electrons. The van der Waals surface area contributed by atoms with Gasteiger partial charge in [0.2, 0.25) is 5.78 Å². The number of aromatic nitrogens is 2. The third-order valence-electron chi connectivity index (χ3n) is 6.69. The van der Waals surface area contributed by atoms with Gasteiger partial charge in [0.25, 0.3) is 5.91 Å². The number of nitrogens with zero attached hydrogens (tertiary/aromatic N) is 3. The van der Waals surface area contributed by atoms with Crippen LogP contribution < -0.4 is 10.0 Å². The topological polar surface area (TPSA) is 91.4 Å². The van der Waals surface area contributed by atoms with Gasteiger partial charge in [-0.1, -0.05) is 42.2 Å². The Morgan fingerprint density at radius 1 is 1.12 bits per heavy atom. The molecule has 2 aliphatic heterocycles. The molecule has 2 aliphatic rings. The lowest BCUT2D eigenvalue weighted by Crippen LogP contribution is -3.14. The third kappa shape index (κ3) is 3.99. The summed E-state index contributed by atoms with van der Waals surface area (Å²) >= 11 is 0. The van der Waals surface area contributed by atoms with Crippen LogP contribution in [0.4, 0.5) is 0 Å². The fourth-order valence-corrected chi connectivity index (χ4v) is 5.01. The monoisotopic (exact) mass is 460 g/mol. The Labute approximate surface area is 198 Å². The van der Waals surface area contributed by atoms with E-state index >= 15 is 0 Å². The van der Waals surface area contributed by atoms with E-state index in [9.17, 15) is 14.7 Å². The number of amides is 1. The number of quaternary nitrogens is 1. The number of hydrogen-bond donors (Lipinski definition) is 1. The van der Waals surface area contributed by atoms with Crippen LogP contribution in [-0.2, 0) is 14.3 Å². The van der Waals surface area contributed by atoms with Crippen molar-refractivity contribution in [2.45, 2.75) is 19.4 Å². The van der Waals surface area contributed by atoms with Crippen LogP contribution in [0.3, 0.4) is 0 Å². The smallest absolute Gasteiger partial charge is 0.295 e. The number of hydrogen-bond acceptors (Lipinski definition) is 5. The maximum Gasteiger partial charge on any atom is 0.295 e. The van der Waals surface area contributed by atoms with E-state index in [2.05, 4.69) is 4.98 Å². The second-order valence-electron chi connectivity index (χ2n) is 8.82. The fraction of sp³-hybridized carbons (Fsp3) is 0.346. The van der Waals surface area contributed by atoms with Gasteiger partial charge in [-0.25, -0.2) is 4.98 Å². The van der Waals surface area contributed by atoms with Crippen LogP contribution >= 0.6 is 0 Å². The van der Waals surface area contributed by atoms with Gasteiger partial charge in [0.05, 0.1) is 37.2 Å². The number of benzene rings is 1. The minimum atomic E-state index is -0.720. The number of carbonyl (C=O) groups is 2. The van der Waals surface area contributed by atoms with E-state index < -0.39 is 23.5 Å². The quantitative estimate of drug-likeness (QED) is 0.322. The van der Waals surface area contributed by atoms with E-state index in [1.165, 1.54) is 4.90 Å². The summed E-state index contributed by atoms with van der Waals surface area (Å²) in [7, 11) is 0. The Morgan fingerprint density at radius 2 is 1.85 bits per heavy atom. The number of fused-ring (bicyclic) bond motifs is 1. The highest BCUT2D eigenvalue weighted by atomic mass is 16.5. The molecule has 1 N–H and O–H groups in total. The molecule has 34 heavy (non-hydrogen) atoms. The zero-order valence-corrected chi connectivity index (χ0v) is 19.2. The van der Waals surface area contributed by atoms with Gasteiger partial charge in [-0.05, 0) is 24.6 Å². The number of likely N-dealkylation sites (tertiary alicyclic amines) is 1. The highest BCUT2D eigenvalue weighted by Crippen LogP contribution is 2.39. The molecular weight excluding hydrogens is 432 g/mol. The second kappa shape index (κ2) is 9.40. The lowest BCUT2D eigenvalue weighted by atomic mass is 9.96. The normalized spacial score (nSPS) is 21.0. The Kier molecular flexibility index (Phi) is 6.17. The molecule has 8 heteroatoms. The molecule has 0 bridgehead atoms. The molecule has 1 atom stereocenters. The lowest BCUT2D eigenvalue weighted by molar-refractivity contribution is -0.908. The standard InChI is InChI=1S/C26H28N4O4/c1-18-22(29-12-6-5-10-20(29)27-18)24(31)21-23(19-8-3-2-4-9-19)30(26(33)25(21)32)13-7-11-28-14-16-34-17-15-28/h2-6,8-10,12,23,31H,7,11,13-17H2,1H3/b24-21+. The first-order valence-electron chi connectivity index (χ1n) is 11.7. The summed E-state index contributed by atoms with van der Waals surface area (Å²) < 4.78 is 7.11. The lowest BCUT2D eigenvalue weighted by Gasteiger charge is -2.29. The van der Waals surface area contributed by atoms with E-state index in [1.807, 2.05) is 48.5 Å². The van der Waals surface area contributed by atoms with Crippen LogP contribution in [0.1, 0.15) is 29.4 Å². The van der Waals surface area contributed by atoms with Crippen molar-refractivity contribution in [2.75, 3.05) is 39.4 Å². The molecule has 2 saturated heterocycles. The van der Waals surface area contributed by atoms with Gasteiger partial charge in [0.1, 0.15) is 18.7 Å². The van der Waals surface area contributed by atoms with Crippen LogP contribution in [0, 0.1) is 6.92 Å². The maximum absolute atomic E-state index is 13.8. The zero-order chi connectivity index (χ0) is 23.7. The molecule has 4 heterocycles. The van der Waals surface area contributed by atoms with Crippen molar-refractivity contribution in [3.63, 3.8) is 0 Å². The Morgan fingerprint density at radius 3 is 2.62 bits per heavy atom. The van der Waals surface area contributed by atoms with Crippen molar-refractivity contribution in [1.82, 2.24) is 14.3 Å². The number of ether oxygens (including phenoxy) is 1. The minimum Gasteiger partial charge on any atom is -0.871 e. The Bertz CT molecular complexity index is 1240. The van der Waals surface area contributed by atoms with Gasteiger partial charge >= 0.3 is 0 Å². The van der Waals surface area contributed by atoms with Crippen LogP contribution in [0.5, 0.6) is 0 Å². The number of imidazole rings is 1. The van der Waals surface area contributed by atoms with E-state index in [-0.39, 0.29) is 5.57 Å². The van der Waals surface area contributed by atoms with Crippen LogP contribution in [0.25, 0.3) is 11.4 Å². The summed E-state index contributed by atoms with van der Waals surface area (Å²) in [5.74, 6) is -1.77. The number of Topliss-reactive ketones (excluding diaryl/α,β-unsaturated/α-hetero) is 1. The predicted molar refractivity (Wildman–Crippen MR) is 124 cm³/mol. The first-order valence-corrected chi connectivity index (χ1v) is 11.7. The number of pyridine rings is 1. The molecule has 0 spiro atoms. The molecule has 1 aromatic carbocycles. The summed E-state index contributed by atoms with van der Waals surface area (Å²) in [4.78, 5) is 33.9. The van der Waals surface area contributed by atoms with Gasteiger partial charge in [0, 0.05) is 24.7 Å².